The van der Waals surface area contributed by atoms with Crippen molar-refractivity contribution in [3.05, 3.63) is 66.3 Å². The van der Waals surface area contributed by atoms with Gasteiger partial charge in [0.15, 0.2) is 0 Å². The lowest BCUT2D eigenvalue weighted by Crippen LogP contribution is -2.03. The molecule has 0 aromatic carbocycles. The lowest BCUT2D eigenvalue weighted by Gasteiger charge is -2.07. The highest BCUT2D eigenvalue weighted by Gasteiger charge is 2.01. The standard InChI is InChI=1S/C13H14N2O/c16-10-13-8-14-11-15(13)9-12-6-4-2-1-3-5-7-12/h1-8,11,16H,9-10H2. The third kappa shape index (κ3) is 2.58. The number of aliphatic hydroxyl groups is 1. The Bertz CT molecular complexity index is 464. The molecule has 0 atom stereocenters. The van der Waals surface area contributed by atoms with Crippen molar-refractivity contribution >= 4 is 0 Å². The van der Waals surface area contributed by atoms with Gasteiger partial charge >= 0.3 is 0 Å². The van der Waals surface area contributed by atoms with E-state index in [0.717, 1.165) is 12.2 Å². The van der Waals surface area contributed by atoms with Crippen LogP contribution in [0.25, 0.3) is 0 Å². The van der Waals surface area contributed by atoms with Gasteiger partial charge in [0, 0.05) is 6.54 Å². The molecule has 0 saturated carbocycles. The van der Waals surface area contributed by atoms with Crippen LogP contribution in [-0.4, -0.2) is 14.7 Å². The normalized spacial score (nSPS) is 14.7. The molecule has 82 valence electrons. The van der Waals surface area contributed by atoms with Gasteiger partial charge in [0.1, 0.15) is 0 Å². The molecule has 1 aliphatic carbocycles. The number of aromatic nitrogens is 2. The van der Waals surface area contributed by atoms with Crippen LogP contribution in [0.5, 0.6) is 0 Å². The minimum atomic E-state index is 0.0206. The van der Waals surface area contributed by atoms with E-state index in [9.17, 15) is 0 Å². The molecule has 0 unspecified atom stereocenters. The fourth-order valence-corrected chi connectivity index (χ4v) is 1.53. The predicted octanol–water partition coefficient (Wildman–Crippen LogP) is 1.98. The fraction of sp³-hybridized carbons (Fsp3) is 0.154. The van der Waals surface area contributed by atoms with E-state index >= 15 is 0 Å². The number of imidazole rings is 1. The second-order valence-electron chi connectivity index (χ2n) is 3.54. The molecule has 0 aliphatic heterocycles. The van der Waals surface area contributed by atoms with Crippen molar-refractivity contribution in [3.63, 3.8) is 0 Å². The van der Waals surface area contributed by atoms with Crippen LogP contribution in [0, 0.1) is 0 Å². The Hall–Kier alpha value is -1.87. The number of allylic oxidation sites excluding steroid dienone is 8. The van der Waals surface area contributed by atoms with E-state index in [1.807, 2.05) is 34.9 Å². The molecular weight excluding hydrogens is 200 g/mol. The van der Waals surface area contributed by atoms with E-state index in [4.69, 9.17) is 5.11 Å². The van der Waals surface area contributed by atoms with E-state index in [1.54, 1.807) is 12.5 Å². The Morgan fingerprint density at radius 2 is 1.94 bits per heavy atom. The Morgan fingerprint density at radius 1 is 1.12 bits per heavy atom. The molecule has 0 bridgehead atoms. The molecule has 0 saturated heterocycles. The van der Waals surface area contributed by atoms with Crippen molar-refractivity contribution in [1.82, 2.24) is 9.55 Å². The molecular formula is C13H14N2O. The van der Waals surface area contributed by atoms with Crippen LogP contribution in [0.1, 0.15) is 5.69 Å². The third-order valence-corrected chi connectivity index (χ3v) is 2.38. The first-order chi connectivity index (χ1) is 7.90. The highest BCUT2D eigenvalue weighted by molar-refractivity contribution is 5.31. The van der Waals surface area contributed by atoms with E-state index in [-0.39, 0.29) is 6.61 Å². The van der Waals surface area contributed by atoms with Gasteiger partial charge in [0.25, 0.3) is 0 Å². The van der Waals surface area contributed by atoms with Gasteiger partial charge in [-0.25, -0.2) is 4.98 Å². The van der Waals surface area contributed by atoms with Crippen molar-refractivity contribution in [1.29, 1.82) is 0 Å². The molecule has 16 heavy (non-hydrogen) atoms. The molecule has 1 aromatic heterocycles. The summed E-state index contributed by atoms with van der Waals surface area (Å²) < 4.78 is 1.94. The highest BCUT2D eigenvalue weighted by atomic mass is 16.3. The topological polar surface area (TPSA) is 38.1 Å². The number of aliphatic hydroxyl groups excluding tert-OH is 1. The summed E-state index contributed by atoms with van der Waals surface area (Å²) in [5, 5.41) is 9.11. The highest BCUT2D eigenvalue weighted by Crippen LogP contribution is 2.08. The Kier molecular flexibility index (Phi) is 3.51. The van der Waals surface area contributed by atoms with Crippen molar-refractivity contribution in [3.8, 4) is 0 Å². The van der Waals surface area contributed by atoms with Gasteiger partial charge in [-0.1, -0.05) is 42.5 Å². The average Bonchev–Trinajstić information content (AvgIpc) is 2.69. The molecule has 0 spiro atoms. The SMILES string of the molecule is OCc1cncn1CC1=CC=CC=CC=C1. The summed E-state index contributed by atoms with van der Waals surface area (Å²) >= 11 is 0. The van der Waals surface area contributed by atoms with Gasteiger partial charge in [-0.05, 0) is 5.57 Å². The summed E-state index contributed by atoms with van der Waals surface area (Å²) in [6, 6.07) is 0. The van der Waals surface area contributed by atoms with Crippen LogP contribution in [0.15, 0.2) is 60.6 Å². The van der Waals surface area contributed by atoms with Gasteiger partial charge in [0.2, 0.25) is 0 Å². The summed E-state index contributed by atoms with van der Waals surface area (Å²) in [4.78, 5) is 4.02. The minimum absolute atomic E-state index is 0.0206. The smallest absolute Gasteiger partial charge is 0.0952 e. The van der Waals surface area contributed by atoms with Crippen LogP contribution in [0.3, 0.4) is 0 Å². The first-order valence-electron chi connectivity index (χ1n) is 5.20. The van der Waals surface area contributed by atoms with Crippen LogP contribution < -0.4 is 0 Å². The summed E-state index contributed by atoms with van der Waals surface area (Å²) in [6.45, 7) is 0.747. The number of hydrogen-bond donors (Lipinski definition) is 1. The maximum absolute atomic E-state index is 9.11. The van der Waals surface area contributed by atoms with Crippen molar-refractivity contribution in [2.45, 2.75) is 13.2 Å². The van der Waals surface area contributed by atoms with Crippen LogP contribution in [0.4, 0.5) is 0 Å². The quantitative estimate of drug-likeness (QED) is 0.835. The molecule has 0 fully saturated rings. The van der Waals surface area contributed by atoms with E-state index in [2.05, 4.69) is 17.1 Å². The van der Waals surface area contributed by atoms with Crippen LogP contribution >= 0.6 is 0 Å². The zero-order chi connectivity index (χ0) is 11.2. The molecule has 1 aromatic rings. The maximum atomic E-state index is 9.11. The van der Waals surface area contributed by atoms with E-state index in [1.165, 1.54) is 5.57 Å². The Morgan fingerprint density at radius 3 is 2.81 bits per heavy atom. The maximum Gasteiger partial charge on any atom is 0.0952 e. The summed E-state index contributed by atoms with van der Waals surface area (Å²) in [6.07, 6.45) is 17.5. The zero-order valence-electron chi connectivity index (χ0n) is 8.95. The van der Waals surface area contributed by atoms with Gasteiger partial charge in [-0.3, -0.25) is 0 Å². The van der Waals surface area contributed by atoms with Gasteiger partial charge in [-0.2, -0.15) is 0 Å². The summed E-state index contributed by atoms with van der Waals surface area (Å²) in [5.41, 5.74) is 2.00. The molecule has 1 heterocycles. The van der Waals surface area contributed by atoms with Crippen LogP contribution in [-0.2, 0) is 13.2 Å². The molecule has 2 rings (SSSR count). The van der Waals surface area contributed by atoms with Gasteiger partial charge in [0.05, 0.1) is 24.8 Å². The summed E-state index contributed by atoms with van der Waals surface area (Å²) in [7, 11) is 0. The second kappa shape index (κ2) is 5.28. The molecule has 3 nitrogen and oxygen atoms in total. The first-order valence-corrected chi connectivity index (χ1v) is 5.20. The monoisotopic (exact) mass is 214 g/mol. The predicted molar refractivity (Wildman–Crippen MR) is 63.7 cm³/mol. The van der Waals surface area contributed by atoms with Gasteiger partial charge < -0.3 is 9.67 Å². The average molecular weight is 214 g/mol. The molecule has 1 aliphatic rings. The second-order valence-corrected chi connectivity index (χ2v) is 3.54. The van der Waals surface area contributed by atoms with Crippen molar-refractivity contribution < 1.29 is 5.11 Å². The zero-order valence-corrected chi connectivity index (χ0v) is 8.95. The Labute approximate surface area is 94.7 Å². The van der Waals surface area contributed by atoms with E-state index < -0.39 is 0 Å². The largest absolute Gasteiger partial charge is 0.390 e. The van der Waals surface area contributed by atoms with Crippen molar-refractivity contribution in [2.75, 3.05) is 0 Å². The van der Waals surface area contributed by atoms with Crippen molar-refractivity contribution in [2.24, 2.45) is 0 Å². The lowest BCUT2D eigenvalue weighted by molar-refractivity contribution is 0.271. The first kappa shape index (κ1) is 10.6. The molecule has 3 heteroatoms. The van der Waals surface area contributed by atoms with Crippen LogP contribution in [0.2, 0.25) is 0 Å². The number of hydrogen-bond acceptors (Lipinski definition) is 2. The molecule has 0 radical (unpaired) electrons. The third-order valence-electron chi connectivity index (χ3n) is 2.38. The Balaban J connectivity index is 2.15. The molecule has 1 N–H and O–H groups in total. The van der Waals surface area contributed by atoms with Gasteiger partial charge in [-0.15, -0.1) is 0 Å². The lowest BCUT2D eigenvalue weighted by atomic mass is 10.2. The molecule has 0 amide bonds. The number of nitrogens with zero attached hydrogens (tertiary/aromatic N) is 2. The fourth-order valence-electron chi connectivity index (χ4n) is 1.53. The van der Waals surface area contributed by atoms with E-state index in [0.29, 0.717) is 0 Å². The number of rotatable bonds is 3. The summed E-state index contributed by atoms with van der Waals surface area (Å²) in [5.74, 6) is 0. The minimum Gasteiger partial charge on any atom is -0.390 e.